The minimum absolute atomic E-state index is 0.185. The fourth-order valence-electron chi connectivity index (χ4n) is 3.75. The van der Waals surface area contributed by atoms with Gasteiger partial charge in [-0.3, -0.25) is 4.55 Å². The largest absolute Gasteiger partial charge is 0.478 e. The fraction of sp³-hybridized carbons (Fsp3) is 0.696. The molecule has 0 aromatic heterocycles. The van der Waals surface area contributed by atoms with Gasteiger partial charge in [0.1, 0.15) is 0 Å². The molecule has 0 heterocycles. The van der Waals surface area contributed by atoms with Crippen LogP contribution in [0.2, 0.25) is 0 Å². The summed E-state index contributed by atoms with van der Waals surface area (Å²) in [4.78, 5) is 9.98. The van der Waals surface area contributed by atoms with Crippen molar-refractivity contribution in [3.8, 4) is 0 Å². The van der Waals surface area contributed by atoms with E-state index in [1.54, 1.807) is 24.6 Å². The Morgan fingerprint density at radius 3 is 1.53 bits per heavy atom. The molecule has 30 heavy (non-hydrogen) atoms. The van der Waals surface area contributed by atoms with Gasteiger partial charge in [-0.1, -0.05) is 6.07 Å². The molecule has 1 aromatic carbocycles. The molecule has 0 aliphatic carbocycles. The van der Waals surface area contributed by atoms with Gasteiger partial charge in [0.2, 0.25) is 0 Å². The number of rotatable bonds is 14. The topological polar surface area (TPSA) is 91.7 Å². The van der Waals surface area contributed by atoms with Crippen LogP contribution in [0.1, 0.15) is 89.4 Å². The average Bonchev–Trinajstić information content (AvgIpc) is 2.72. The van der Waals surface area contributed by atoms with Crippen LogP contribution in [-0.2, 0) is 10.1 Å². The SMILES string of the molecule is CCCC[PH](CCCC)(CCCC)CCCC.O=C(O)c1cccc(S(=O)(=O)O)c1. The van der Waals surface area contributed by atoms with E-state index in [2.05, 4.69) is 27.7 Å². The number of aromatic carboxylic acids is 1. The maximum atomic E-state index is 10.6. The van der Waals surface area contributed by atoms with Crippen LogP contribution >= 0.6 is 7.26 Å². The molecule has 0 saturated carbocycles. The van der Waals surface area contributed by atoms with Crippen molar-refractivity contribution in [1.82, 2.24) is 0 Å². The second kappa shape index (κ2) is 15.8. The number of carbonyl (C=O) groups is 1. The van der Waals surface area contributed by atoms with Gasteiger partial charge in [-0.15, -0.1) is 0 Å². The van der Waals surface area contributed by atoms with Gasteiger partial charge in [0.05, 0.1) is 10.5 Å². The number of hydrogen-bond acceptors (Lipinski definition) is 3. The number of benzene rings is 1. The zero-order valence-corrected chi connectivity index (χ0v) is 21.1. The maximum Gasteiger partial charge on any atom is 0.335 e. The van der Waals surface area contributed by atoms with Crippen LogP contribution in [0.3, 0.4) is 0 Å². The van der Waals surface area contributed by atoms with E-state index in [-0.39, 0.29) is 5.56 Å². The summed E-state index contributed by atoms with van der Waals surface area (Å²) in [5.41, 5.74) is -0.185. The smallest absolute Gasteiger partial charge is 0.335 e. The number of unbranched alkanes of at least 4 members (excludes halogenated alkanes) is 4. The zero-order chi connectivity index (χ0) is 23.0. The van der Waals surface area contributed by atoms with E-state index in [9.17, 15) is 13.2 Å². The van der Waals surface area contributed by atoms with Crippen molar-refractivity contribution in [2.75, 3.05) is 24.6 Å². The molecule has 0 fully saturated rings. The molecule has 1 rings (SSSR count). The summed E-state index contributed by atoms with van der Waals surface area (Å²) in [5, 5.41) is 8.50. The van der Waals surface area contributed by atoms with Gasteiger partial charge in [0, 0.05) is 0 Å². The second-order valence-electron chi connectivity index (χ2n) is 8.22. The Hall–Kier alpha value is -0.970. The van der Waals surface area contributed by atoms with Crippen LogP contribution in [0.15, 0.2) is 29.2 Å². The van der Waals surface area contributed by atoms with Crippen LogP contribution < -0.4 is 0 Å². The molecular weight excluding hydrogens is 419 g/mol. The molecule has 5 nitrogen and oxygen atoms in total. The third-order valence-electron chi connectivity index (χ3n) is 5.62. The maximum absolute atomic E-state index is 10.6. The van der Waals surface area contributed by atoms with Crippen LogP contribution in [-0.4, -0.2) is 48.7 Å². The second-order valence-corrected chi connectivity index (χ2v) is 14.6. The molecule has 1 aromatic rings. The summed E-state index contributed by atoms with van der Waals surface area (Å²) < 4.78 is 29.7. The molecule has 0 unspecified atom stereocenters. The molecule has 2 N–H and O–H groups in total. The molecule has 0 aliphatic rings. The summed E-state index contributed by atoms with van der Waals surface area (Å²) in [6.45, 7) is 9.44. The van der Waals surface area contributed by atoms with Gasteiger partial charge in [-0.05, 0) is 18.2 Å². The quantitative estimate of drug-likeness (QED) is 0.241. The Morgan fingerprint density at radius 2 is 1.23 bits per heavy atom. The summed E-state index contributed by atoms with van der Waals surface area (Å²) in [6, 6.07) is 4.48. The van der Waals surface area contributed by atoms with Crippen molar-refractivity contribution in [1.29, 1.82) is 0 Å². The van der Waals surface area contributed by atoms with Gasteiger partial charge in [0.15, 0.2) is 0 Å². The van der Waals surface area contributed by atoms with Crippen LogP contribution in [0.4, 0.5) is 0 Å². The van der Waals surface area contributed by atoms with Crippen molar-refractivity contribution >= 4 is 23.3 Å². The molecule has 176 valence electrons. The Balaban J connectivity index is 0.000000579. The van der Waals surface area contributed by atoms with E-state index in [0.717, 1.165) is 12.1 Å². The van der Waals surface area contributed by atoms with E-state index in [0.29, 0.717) is 0 Å². The van der Waals surface area contributed by atoms with Gasteiger partial charge < -0.3 is 5.11 Å². The van der Waals surface area contributed by atoms with Crippen molar-refractivity contribution < 1.29 is 22.9 Å². The summed E-state index contributed by atoms with van der Waals surface area (Å²) >= 11 is 0. The first-order valence-corrected chi connectivity index (χ1v) is 15.7. The van der Waals surface area contributed by atoms with Crippen LogP contribution in [0, 0.1) is 0 Å². The monoisotopic (exact) mass is 462 g/mol. The predicted octanol–water partition coefficient (Wildman–Crippen LogP) is 6.57. The van der Waals surface area contributed by atoms with Crippen molar-refractivity contribution in [3.63, 3.8) is 0 Å². The minimum atomic E-state index is -4.32. The van der Waals surface area contributed by atoms with E-state index in [4.69, 9.17) is 9.66 Å². The van der Waals surface area contributed by atoms with E-state index in [1.807, 2.05) is 0 Å². The first-order chi connectivity index (χ1) is 14.2. The van der Waals surface area contributed by atoms with Gasteiger partial charge in [0.25, 0.3) is 10.1 Å². The first kappa shape index (κ1) is 29.0. The van der Waals surface area contributed by atoms with Crippen molar-refractivity contribution in [2.45, 2.75) is 84.0 Å². The Morgan fingerprint density at radius 1 is 0.833 bits per heavy atom. The number of hydrogen-bond donors (Lipinski definition) is 2. The number of carboxylic acids is 1. The van der Waals surface area contributed by atoms with Crippen LogP contribution in [0.25, 0.3) is 0 Å². The standard InChI is InChI=1S/C16H37P.C7H6O5S/c1-5-9-13-17(14-10-6-2,15-11-7-3)16-12-8-4;8-7(9)5-2-1-3-6(4-5)13(10,11)12/h17H,5-16H2,1-4H3;1-4H,(H,8,9)(H,10,11,12). The molecular formula is C23H43O5PS. The summed E-state index contributed by atoms with van der Waals surface area (Å²) in [6.07, 6.45) is 18.1. The van der Waals surface area contributed by atoms with E-state index >= 15 is 0 Å². The normalized spacial score (nSPS) is 12.2. The molecule has 0 spiro atoms. The molecule has 0 bridgehead atoms. The molecule has 0 amide bonds. The Kier molecular flexibility index (Phi) is 15.3. The predicted molar refractivity (Wildman–Crippen MR) is 131 cm³/mol. The Labute approximate surface area is 184 Å². The first-order valence-electron chi connectivity index (χ1n) is 11.5. The zero-order valence-electron chi connectivity index (χ0n) is 19.3. The Bertz CT molecular complexity index is 666. The van der Waals surface area contributed by atoms with E-state index < -0.39 is 28.2 Å². The van der Waals surface area contributed by atoms with Gasteiger partial charge in [-0.25, -0.2) is 4.79 Å². The average molecular weight is 463 g/mol. The third-order valence-corrected chi connectivity index (χ3v) is 12.1. The summed E-state index contributed by atoms with van der Waals surface area (Å²) in [7, 11) is -5.20. The molecule has 0 radical (unpaired) electrons. The molecule has 0 aliphatic heterocycles. The van der Waals surface area contributed by atoms with Crippen molar-refractivity contribution in [3.05, 3.63) is 29.8 Å². The fourth-order valence-corrected chi connectivity index (χ4v) is 10.2. The third kappa shape index (κ3) is 12.0. The summed E-state index contributed by atoms with van der Waals surface area (Å²) in [5.74, 6) is -1.24. The minimum Gasteiger partial charge on any atom is -0.478 e. The van der Waals surface area contributed by atoms with E-state index in [1.165, 1.54) is 63.5 Å². The number of carboxylic acid groups (broad SMARTS) is 1. The van der Waals surface area contributed by atoms with Crippen LogP contribution in [0.5, 0.6) is 0 Å². The van der Waals surface area contributed by atoms with Gasteiger partial charge in [-0.2, -0.15) is 8.42 Å². The molecule has 7 heteroatoms. The molecule has 0 atom stereocenters. The van der Waals surface area contributed by atoms with Gasteiger partial charge >= 0.3 is 117 Å². The molecule has 0 saturated heterocycles. The van der Waals surface area contributed by atoms with Crippen molar-refractivity contribution in [2.24, 2.45) is 0 Å².